The molecule has 184 valence electrons. The van der Waals surface area contributed by atoms with Crippen LogP contribution in [0.15, 0.2) is 48.8 Å². The van der Waals surface area contributed by atoms with Crippen LogP contribution in [0.4, 0.5) is 5.69 Å². The van der Waals surface area contributed by atoms with Gasteiger partial charge >= 0.3 is 11.8 Å². The SMILES string of the molecule is COc1ccccc1N1CCN(C(CNC(=O)C(=O)NCCCN(C)C)c2cccnc2)CC1. The highest BCUT2D eigenvalue weighted by atomic mass is 16.5. The third-order valence-corrected chi connectivity index (χ3v) is 5.98. The van der Waals surface area contributed by atoms with Crippen molar-refractivity contribution in [3.05, 3.63) is 54.4 Å². The molecule has 0 aliphatic carbocycles. The summed E-state index contributed by atoms with van der Waals surface area (Å²) in [6.07, 6.45) is 4.35. The van der Waals surface area contributed by atoms with Crippen LogP contribution in [0, 0.1) is 0 Å². The minimum atomic E-state index is -0.605. The molecule has 1 atom stereocenters. The molecule has 0 saturated carbocycles. The van der Waals surface area contributed by atoms with Gasteiger partial charge < -0.3 is 25.2 Å². The number of nitrogens with zero attached hydrogens (tertiary/aromatic N) is 4. The smallest absolute Gasteiger partial charge is 0.309 e. The molecule has 3 rings (SSSR count). The number of hydrogen-bond donors (Lipinski definition) is 2. The number of ether oxygens (including phenoxy) is 1. The normalized spacial score (nSPS) is 15.1. The van der Waals surface area contributed by atoms with Gasteiger partial charge in [-0.15, -0.1) is 0 Å². The van der Waals surface area contributed by atoms with Gasteiger partial charge in [-0.3, -0.25) is 19.5 Å². The van der Waals surface area contributed by atoms with E-state index in [4.69, 9.17) is 4.74 Å². The molecule has 0 bridgehead atoms. The predicted molar refractivity (Wildman–Crippen MR) is 133 cm³/mol. The fourth-order valence-electron chi connectivity index (χ4n) is 4.14. The molecule has 2 amide bonds. The highest BCUT2D eigenvalue weighted by Gasteiger charge is 2.27. The number of anilines is 1. The van der Waals surface area contributed by atoms with Crippen molar-refractivity contribution in [2.45, 2.75) is 12.5 Å². The van der Waals surface area contributed by atoms with Crippen molar-refractivity contribution in [3.63, 3.8) is 0 Å². The number of piperazine rings is 1. The second-order valence-electron chi connectivity index (χ2n) is 8.62. The van der Waals surface area contributed by atoms with Gasteiger partial charge in [0, 0.05) is 51.7 Å². The van der Waals surface area contributed by atoms with Gasteiger partial charge in [-0.1, -0.05) is 18.2 Å². The Labute approximate surface area is 202 Å². The summed E-state index contributed by atoms with van der Waals surface area (Å²) in [5.74, 6) is -0.334. The molecule has 1 aliphatic heterocycles. The van der Waals surface area contributed by atoms with Crippen molar-refractivity contribution in [1.82, 2.24) is 25.4 Å². The van der Waals surface area contributed by atoms with Gasteiger partial charge in [0.15, 0.2) is 0 Å². The minimum absolute atomic E-state index is 0.0704. The number of para-hydroxylation sites is 2. The average molecular weight is 469 g/mol. The summed E-state index contributed by atoms with van der Waals surface area (Å²) in [6.45, 7) is 4.95. The Hall–Kier alpha value is -3.17. The molecule has 9 nitrogen and oxygen atoms in total. The first-order valence-corrected chi connectivity index (χ1v) is 11.7. The van der Waals surface area contributed by atoms with Gasteiger partial charge in [-0.2, -0.15) is 0 Å². The van der Waals surface area contributed by atoms with Crippen LogP contribution in [0.3, 0.4) is 0 Å². The second-order valence-corrected chi connectivity index (χ2v) is 8.62. The van der Waals surface area contributed by atoms with Gasteiger partial charge in [0.1, 0.15) is 5.75 Å². The topological polar surface area (TPSA) is 90.0 Å². The number of nitrogens with one attached hydrogen (secondary N) is 2. The molecule has 2 aromatic rings. The van der Waals surface area contributed by atoms with E-state index in [1.54, 1.807) is 13.3 Å². The first-order chi connectivity index (χ1) is 16.5. The zero-order valence-corrected chi connectivity index (χ0v) is 20.4. The quantitative estimate of drug-likeness (QED) is 0.399. The number of carbonyl (C=O) groups excluding carboxylic acids is 2. The Kier molecular flexibility index (Phi) is 9.66. The van der Waals surface area contributed by atoms with Crippen LogP contribution in [-0.4, -0.2) is 93.6 Å². The summed E-state index contributed by atoms with van der Waals surface area (Å²) in [7, 11) is 5.64. The summed E-state index contributed by atoms with van der Waals surface area (Å²) in [5, 5.41) is 5.52. The fourth-order valence-corrected chi connectivity index (χ4v) is 4.14. The minimum Gasteiger partial charge on any atom is -0.495 e. The molecule has 1 aromatic heterocycles. The fraction of sp³-hybridized carbons (Fsp3) is 0.480. The van der Waals surface area contributed by atoms with E-state index in [-0.39, 0.29) is 6.04 Å². The lowest BCUT2D eigenvalue weighted by Crippen LogP contribution is -2.51. The van der Waals surface area contributed by atoms with E-state index in [2.05, 4.69) is 31.5 Å². The average Bonchev–Trinajstić information content (AvgIpc) is 2.87. The summed E-state index contributed by atoms with van der Waals surface area (Å²) in [4.78, 5) is 35.5. The van der Waals surface area contributed by atoms with Gasteiger partial charge in [0.2, 0.25) is 0 Å². The number of methoxy groups -OCH3 is 1. The van der Waals surface area contributed by atoms with E-state index >= 15 is 0 Å². The molecule has 9 heteroatoms. The van der Waals surface area contributed by atoms with E-state index in [1.165, 1.54) is 0 Å². The monoisotopic (exact) mass is 468 g/mol. The van der Waals surface area contributed by atoms with Crippen LogP contribution in [0.2, 0.25) is 0 Å². The first-order valence-electron chi connectivity index (χ1n) is 11.7. The van der Waals surface area contributed by atoms with Crippen molar-refractivity contribution in [1.29, 1.82) is 0 Å². The standard InChI is InChI=1S/C25H36N6O3/c1-29(2)13-7-12-27-24(32)25(33)28-19-22(20-8-6-11-26-18-20)31-16-14-30(15-17-31)21-9-4-5-10-23(21)34-3/h4-6,8-11,18,22H,7,12-17,19H2,1-3H3,(H,27,32)(H,28,33). The third kappa shape index (κ3) is 7.16. The maximum atomic E-state index is 12.4. The third-order valence-electron chi connectivity index (χ3n) is 5.98. The Morgan fingerprint density at radius 2 is 1.79 bits per heavy atom. The first kappa shape index (κ1) is 25.5. The molecule has 34 heavy (non-hydrogen) atoms. The molecular weight excluding hydrogens is 432 g/mol. The zero-order valence-electron chi connectivity index (χ0n) is 20.4. The number of benzene rings is 1. The van der Waals surface area contributed by atoms with Crippen molar-refractivity contribution >= 4 is 17.5 Å². The number of aromatic nitrogens is 1. The van der Waals surface area contributed by atoms with Crippen LogP contribution >= 0.6 is 0 Å². The lowest BCUT2D eigenvalue weighted by molar-refractivity contribution is -0.139. The number of amides is 2. The molecular formula is C25H36N6O3. The van der Waals surface area contributed by atoms with Crippen LogP contribution in [0.25, 0.3) is 0 Å². The van der Waals surface area contributed by atoms with Crippen molar-refractivity contribution in [2.75, 3.05) is 71.9 Å². The van der Waals surface area contributed by atoms with Crippen molar-refractivity contribution in [3.8, 4) is 5.75 Å². The molecule has 1 fully saturated rings. The lowest BCUT2D eigenvalue weighted by atomic mass is 10.1. The Morgan fingerprint density at radius 1 is 1.06 bits per heavy atom. The largest absolute Gasteiger partial charge is 0.495 e. The highest BCUT2D eigenvalue weighted by molar-refractivity contribution is 6.35. The molecule has 1 saturated heterocycles. The van der Waals surface area contributed by atoms with Gasteiger partial charge in [0.25, 0.3) is 0 Å². The van der Waals surface area contributed by atoms with Crippen LogP contribution in [-0.2, 0) is 9.59 Å². The summed E-state index contributed by atoms with van der Waals surface area (Å²) >= 11 is 0. The van der Waals surface area contributed by atoms with Crippen LogP contribution < -0.4 is 20.3 Å². The van der Waals surface area contributed by atoms with Gasteiger partial charge in [-0.05, 0) is 50.8 Å². The highest BCUT2D eigenvalue weighted by Crippen LogP contribution is 2.30. The van der Waals surface area contributed by atoms with E-state index in [0.29, 0.717) is 13.1 Å². The predicted octanol–water partition coefficient (Wildman–Crippen LogP) is 1.14. The number of hydrogen-bond acceptors (Lipinski definition) is 7. The number of pyridine rings is 1. The number of carbonyl (C=O) groups is 2. The molecule has 1 aromatic carbocycles. The van der Waals surface area contributed by atoms with E-state index < -0.39 is 11.8 Å². The molecule has 0 spiro atoms. The maximum Gasteiger partial charge on any atom is 0.309 e. The van der Waals surface area contributed by atoms with Gasteiger partial charge in [-0.25, -0.2) is 0 Å². The van der Waals surface area contributed by atoms with E-state index in [9.17, 15) is 9.59 Å². The number of rotatable bonds is 10. The van der Waals surface area contributed by atoms with E-state index in [0.717, 1.165) is 56.1 Å². The lowest BCUT2D eigenvalue weighted by Gasteiger charge is -2.40. The zero-order chi connectivity index (χ0) is 24.3. The van der Waals surface area contributed by atoms with Crippen molar-refractivity contribution in [2.24, 2.45) is 0 Å². The summed E-state index contributed by atoms with van der Waals surface area (Å²) < 4.78 is 5.52. The van der Waals surface area contributed by atoms with Crippen molar-refractivity contribution < 1.29 is 14.3 Å². The van der Waals surface area contributed by atoms with Crippen LogP contribution in [0.5, 0.6) is 5.75 Å². The Balaban J connectivity index is 1.58. The summed E-state index contributed by atoms with van der Waals surface area (Å²) in [6, 6.07) is 11.9. The van der Waals surface area contributed by atoms with Crippen LogP contribution in [0.1, 0.15) is 18.0 Å². The van der Waals surface area contributed by atoms with Gasteiger partial charge in [0.05, 0.1) is 18.8 Å². The second kappa shape index (κ2) is 12.9. The molecule has 1 aliphatic rings. The summed E-state index contributed by atoms with van der Waals surface area (Å²) in [5.41, 5.74) is 2.10. The molecule has 2 heterocycles. The Bertz CT molecular complexity index is 916. The molecule has 0 radical (unpaired) electrons. The Morgan fingerprint density at radius 3 is 2.47 bits per heavy atom. The molecule has 2 N–H and O–H groups in total. The maximum absolute atomic E-state index is 12.4. The van der Waals surface area contributed by atoms with E-state index in [1.807, 2.05) is 55.5 Å². The molecule has 1 unspecified atom stereocenters.